The zero-order chi connectivity index (χ0) is 18.5. The lowest BCUT2D eigenvalue weighted by Crippen LogP contribution is -2.52. The molecule has 1 saturated heterocycles. The maximum Gasteiger partial charge on any atom is 0.325 e. The first-order valence-electron chi connectivity index (χ1n) is 9.19. The van der Waals surface area contributed by atoms with Gasteiger partial charge in [0.25, 0.3) is 0 Å². The van der Waals surface area contributed by atoms with Crippen molar-refractivity contribution in [3.8, 4) is 0 Å². The molecule has 5 rings (SSSR count). The average Bonchev–Trinajstić information content (AvgIpc) is 3.34. The predicted molar refractivity (Wildman–Crippen MR) is 99.4 cm³/mol. The molecule has 1 fully saturated rings. The number of anilines is 1. The van der Waals surface area contributed by atoms with E-state index < -0.39 is 11.6 Å². The number of nitrogens with zero attached hydrogens (tertiary/aromatic N) is 2. The Bertz CT molecular complexity index is 952. The molecule has 1 unspecified atom stereocenters. The number of para-hydroxylation sites is 1. The number of urea groups is 1. The first-order valence-corrected chi connectivity index (χ1v) is 9.19. The van der Waals surface area contributed by atoms with Gasteiger partial charge in [0.2, 0.25) is 0 Å². The van der Waals surface area contributed by atoms with Crippen LogP contribution in [0.1, 0.15) is 23.6 Å². The number of hydrogen-bond donors (Lipinski definition) is 1. The largest absolute Gasteiger partial charge is 0.325 e. The van der Waals surface area contributed by atoms with Crippen LogP contribution < -0.4 is 10.2 Å². The molecule has 3 heterocycles. The predicted octanol–water partition coefficient (Wildman–Crippen LogP) is 3.71. The summed E-state index contributed by atoms with van der Waals surface area (Å²) in [5, 5.41) is 3.31. The third kappa shape index (κ3) is 2.55. The van der Waals surface area contributed by atoms with E-state index in [0.29, 0.717) is 5.57 Å². The van der Waals surface area contributed by atoms with E-state index in [4.69, 9.17) is 0 Å². The van der Waals surface area contributed by atoms with Gasteiger partial charge in [-0.25, -0.2) is 13.6 Å². The molecule has 0 aromatic heterocycles. The fourth-order valence-electron chi connectivity index (χ4n) is 4.39. The Labute approximate surface area is 156 Å². The first kappa shape index (κ1) is 16.4. The summed E-state index contributed by atoms with van der Waals surface area (Å²) < 4.78 is 27.9. The van der Waals surface area contributed by atoms with Crippen molar-refractivity contribution in [3.05, 3.63) is 71.3 Å². The van der Waals surface area contributed by atoms with Gasteiger partial charge in [-0.3, -0.25) is 4.90 Å². The topological polar surface area (TPSA) is 35.6 Å². The van der Waals surface area contributed by atoms with Crippen molar-refractivity contribution in [2.45, 2.75) is 18.5 Å². The van der Waals surface area contributed by atoms with E-state index in [0.717, 1.165) is 42.9 Å². The molecule has 3 aliphatic rings. The summed E-state index contributed by atoms with van der Waals surface area (Å²) in [6.45, 7) is 1.92. The number of nitrogens with one attached hydrogen (secondary N) is 1. The van der Waals surface area contributed by atoms with Crippen molar-refractivity contribution < 1.29 is 13.6 Å². The summed E-state index contributed by atoms with van der Waals surface area (Å²) in [4.78, 5) is 16.9. The Hall–Kier alpha value is -2.73. The van der Waals surface area contributed by atoms with Gasteiger partial charge in [0.1, 0.15) is 11.6 Å². The molecule has 2 aromatic carbocycles. The number of hydrogen-bond acceptors (Lipinski definition) is 2. The van der Waals surface area contributed by atoms with Crippen LogP contribution in [0.5, 0.6) is 0 Å². The normalized spacial score (nSPS) is 24.1. The zero-order valence-electron chi connectivity index (χ0n) is 14.7. The van der Waals surface area contributed by atoms with Crippen LogP contribution >= 0.6 is 0 Å². The smallest absolute Gasteiger partial charge is 0.315 e. The number of amides is 2. The maximum absolute atomic E-state index is 14.3. The second kappa shape index (κ2) is 6.16. The molecule has 138 valence electrons. The zero-order valence-corrected chi connectivity index (χ0v) is 14.7. The summed E-state index contributed by atoms with van der Waals surface area (Å²) in [5.41, 5.74) is 2.81. The van der Waals surface area contributed by atoms with Crippen LogP contribution in [0.3, 0.4) is 0 Å². The van der Waals surface area contributed by atoms with Crippen molar-refractivity contribution in [1.29, 1.82) is 0 Å². The Morgan fingerprint density at radius 1 is 1.11 bits per heavy atom. The van der Waals surface area contributed by atoms with Gasteiger partial charge < -0.3 is 10.2 Å². The minimum atomic E-state index is -0.484. The molecule has 27 heavy (non-hydrogen) atoms. The van der Waals surface area contributed by atoms with Crippen LogP contribution in [0.2, 0.25) is 0 Å². The van der Waals surface area contributed by atoms with E-state index >= 15 is 0 Å². The van der Waals surface area contributed by atoms with Gasteiger partial charge in [-0.15, -0.1) is 0 Å². The van der Waals surface area contributed by atoms with E-state index in [9.17, 15) is 13.6 Å². The van der Waals surface area contributed by atoms with Crippen molar-refractivity contribution in [3.63, 3.8) is 0 Å². The summed E-state index contributed by atoms with van der Waals surface area (Å²) in [5.74, 6) is -0.956. The van der Waals surface area contributed by atoms with Crippen LogP contribution in [0.25, 0.3) is 5.57 Å². The SMILES string of the molecule is O=C1N(C2CCNC2)c2ccccc2[C@@H]2C=C(c3cc(F)ccc3F)CN12. The second-order valence-electron chi connectivity index (χ2n) is 7.25. The minimum Gasteiger partial charge on any atom is -0.315 e. The third-order valence-electron chi connectivity index (χ3n) is 5.68. The first-order chi connectivity index (χ1) is 13.1. The molecular weight excluding hydrogens is 348 g/mol. The molecule has 0 saturated carbocycles. The average molecular weight is 367 g/mol. The molecule has 0 radical (unpaired) electrons. The fourth-order valence-corrected chi connectivity index (χ4v) is 4.39. The molecular formula is C21H19F2N3O. The molecule has 6 heteroatoms. The van der Waals surface area contributed by atoms with Crippen LogP contribution in [0.4, 0.5) is 19.3 Å². The van der Waals surface area contributed by atoms with Gasteiger partial charge >= 0.3 is 6.03 Å². The van der Waals surface area contributed by atoms with Crippen molar-refractivity contribution in [2.24, 2.45) is 0 Å². The quantitative estimate of drug-likeness (QED) is 0.878. The Morgan fingerprint density at radius 3 is 2.78 bits per heavy atom. The van der Waals surface area contributed by atoms with Gasteiger partial charge in [0, 0.05) is 24.2 Å². The second-order valence-corrected chi connectivity index (χ2v) is 7.25. The van der Waals surface area contributed by atoms with E-state index in [-0.39, 0.29) is 30.2 Å². The van der Waals surface area contributed by atoms with Crippen molar-refractivity contribution in [2.75, 3.05) is 24.5 Å². The minimum absolute atomic E-state index is 0.0736. The Kier molecular flexibility index (Phi) is 3.75. The standard InChI is InChI=1S/C21H19F2N3O/c22-14-5-6-18(23)17(10-14)13-9-20-16-3-1-2-4-19(16)26(15-7-8-24-11-15)21(27)25(20)12-13/h1-6,9-10,15,20,24H,7-8,11-12H2/t15?,20-/m0/s1. The van der Waals surface area contributed by atoms with Crippen LogP contribution in [0, 0.1) is 11.6 Å². The molecule has 0 aliphatic carbocycles. The van der Waals surface area contributed by atoms with E-state index in [2.05, 4.69) is 5.32 Å². The lowest BCUT2D eigenvalue weighted by molar-refractivity contribution is 0.198. The maximum atomic E-state index is 14.3. The van der Waals surface area contributed by atoms with Crippen LogP contribution in [0.15, 0.2) is 48.5 Å². The van der Waals surface area contributed by atoms with E-state index in [1.807, 2.05) is 35.2 Å². The molecule has 3 aliphatic heterocycles. The van der Waals surface area contributed by atoms with Gasteiger partial charge in [0.15, 0.2) is 0 Å². The number of carbonyl (C=O) groups is 1. The summed E-state index contributed by atoms with van der Waals surface area (Å²) in [6, 6.07) is 11.1. The van der Waals surface area contributed by atoms with Gasteiger partial charge in [-0.1, -0.05) is 24.3 Å². The summed E-state index contributed by atoms with van der Waals surface area (Å²) in [7, 11) is 0. The van der Waals surface area contributed by atoms with Crippen LogP contribution in [-0.4, -0.2) is 36.6 Å². The molecule has 2 atom stereocenters. The summed E-state index contributed by atoms with van der Waals surface area (Å²) >= 11 is 0. The third-order valence-corrected chi connectivity index (χ3v) is 5.68. The molecule has 1 N–H and O–H groups in total. The fraction of sp³-hybridized carbons (Fsp3) is 0.286. The molecule has 0 bridgehead atoms. The van der Waals surface area contributed by atoms with Gasteiger partial charge in [-0.05, 0) is 42.8 Å². The molecule has 2 amide bonds. The monoisotopic (exact) mass is 367 g/mol. The van der Waals surface area contributed by atoms with Gasteiger partial charge in [-0.2, -0.15) is 0 Å². The van der Waals surface area contributed by atoms with Crippen molar-refractivity contribution in [1.82, 2.24) is 10.2 Å². The molecule has 2 aromatic rings. The highest BCUT2D eigenvalue weighted by atomic mass is 19.1. The Balaban J connectivity index is 1.58. The van der Waals surface area contributed by atoms with Gasteiger partial charge in [0.05, 0.1) is 17.8 Å². The lowest BCUT2D eigenvalue weighted by Gasteiger charge is -2.41. The highest BCUT2D eigenvalue weighted by Gasteiger charge is 2.43. The van der Waals surface area contributed by atoms with Crippen LogP contribution in [-0.2, 0) is 0 Å². The lowest BCUT2D eigenvalue weighted by atomic mass is 9.98. The number of benzene rings is 2. The van der Waals surface area contributed by atoms with E-state index in [1.165, 1.54) is 6.07 Å². The summed E-state index contributed by atoms with van der Waals surface area (Å²) in [6.07, 6.45) is 2.79. The molecule has 4 nitrogen and oxygen atoms in total. The van der Waals surface area contributed by atoms with Crippen molar-refractivity contribution >= 4 is 17.3 Å². The number of carbonyl (C=O) groups excluding carboxylic acids is 1. The number of halogens is 2. The molecule has 0 spiro atoms. The highest BCUT2D eigenvalue weighted by Crippen LogP contribution is 2.44. The van der Waals surface area contributed by atoms with E-state index in [1.54, 1.807) is 4.90 Å². The highest BCUT2D eigenvalue weighted by molar-refractivity contribution is 5.99. The number of fused-ring (bicyclic) bond motifs is 3. The number of rotatable bonds is 2. The Morgan fingerprint density at radius 2 is 1.96 bits per heavy atom.